The van der Waals surface area contributed by atoms with Crippen LogP contribution in [0.4, 0.5) is 4.39 Å². The van der Waals surface area contributed by atoms with Gasteiger partial charge in [0.05, 0.1) is 0 Å². The minimum Gasteiger partial charge on any atom is -0.326 e. The molecule has 7 heteroatoms. The second-order valence-electron chi connectivity index (χ2n) is 5.85. The fourth-order valence-electron chi connectivity index (χ4n) is 2.90. The van der Waals surface area contributed by atoms with Crippen LogP contribution in [0.2, 0.25) is 5.02 Å². The maximum Gasteiger partial charge on any atom is 0.246 e. The van der Waals surface area contributed by atoms with Crippen molar-refractivity contribution in [3.63, 3.8) is 0 Å². The molecule has 1 aromatic carbocycles. The molecule has 1 heterocycles. The van der Waals surface area contributed by atoms with Crippen molar-refractivity contribution in [2.75, 3.05) is 13.1 Å². The Balaban J connectivity index is 2.47. The average molecular weight is 335 g/mol. The van der Waals surface area contributed by atoms with Crippen LogP contribution < -0.4 is 5.73 Å². The summed E-state index contributed by atoms with van der Waals surface area (Å²) < 4.78 is 41.1. The van der Waals surface area contributed by atoms with E-state index < -0.39 is 15.8 Å². The minimum absolute atomic E-state index is 0.0955. The summed E-state index contributed by atoms with van der Waals surface area (Å²) in [5, 5.41) is 0.175. The van der Waals surface area contributed by atoms with Crippen LogP contribution in [0.25, 0.3) is 0 Å². The summed E-state index contributed by atoms with van der Waals surface area (Å²) in [6.07, 6.45) is 0.970. The van der Waals surface area contributed by atoms with Crippen molar-refractivity contribution in [1.29, 1.82) is 0 Å². The molecule has 0 spiro atoms. The number of nitrogens with zero attached hydrogens (tertiary/aromatic N) is 1. The van der Waals surface area contributed by atoms with Crippen molar-refractivity contribution in [2.45, 2.75) is 31.7 Å². The van der Waals surface area contributed by atoms with E-state index in [1.807, 2.05) is 13.8 Å². The van der Waals surface area contributed by atoms with Crippen LogP contribution >= 0.6 is 11.6 Å². The highest BCUT2D eigenvalue weighted by Gasteiger charge is 2.34. The number of hydrogen-bond donors (Lipinski definition) is 1. The van der Waals surface area contributed by atoms with E-state index in [9.17, 15) is 12.8 Å². The molecule has 2 atom stereocenters. The van der Waals surface area contributed by atoms with Gasteiger partial charge in [-0.3, -0.25) is 0 Å². The molecule has 1 aliphatic heterocycles. The zero-order chi connectivity index (χ0) is 15.8. The second kappa shape index (κ2) is 6.20. The van der Waals surface area contributed by atoms with E-state index in [-0.39, 0.29) is 33.9 Å². The number of hydrogen-bond acceptors (Lipinski definition) is 3. The van der Waals surface area contributed by atoms with E-state index in [4.69, 9.17) is 17.3 Å². The molecule has 1 fully saturated rings. The van der Waals surface area contributed by atoms with Crippen molar-refractivity contribution >= 4 is 21.6 Å². The van der Waals surface area contributed by atoms with Gasteiger partial charge in [0.15, 0.2) is 0 Å². The average Bonchev–Trinajstić information content (AvgIpc) is 2.39. The van der Waals surface area contributed by atoms with Gasteiger partial charge in [0, 0.05) is 30.2 Å². The molecule has 0 bridgehead atoms. The summed E-state index contributed by atoms with van der Waals surface area (Å²) in [7, 11) is -3.90. The van der Waals surface area contributed by atoms with Gasteiger partial charge in [0.1, 0.15) is 10.7 Å². The Morgan fingerprint density at radius 1 is 1.33 bits per heavy atom. The van der Waals surface area contributed by atoms with Gasteiger partial charge in [-0.2, -0.15) is 4.31 Å². The lowest BCUT2D eigenvalue weighted by Crippen LogP contribution is -2.42. The lowest BCUT2D eigenvalue weighted by molar-refractivity contribution is 0.222. The molecule has 1 saturated heterocycles. The zero-order valence-electron chi connectivity index (χ0n) is 12.1. The summed E-state index contributed by atoms with van der Waals surface area (Å²) in [5.74, 6) is -0.299. The smallest absolute Gasteiger partial charge is 0.246 e. The number of piperidine rings is 1. The van der Waals surface area contributed by atoms with Gasteiger partial charge in [-0.1, -0.05) is 25.4 Å². The quantitative estimate of drug-likeness (QED) is 0.924. The van der Waals surface area contributed by atoms with Crippen LogP contribution in [0.5, 0.6) is 0 Å². The van der Waals surface area contributed by atoms with E-state index >= 15 is 0 Å². The fourth-order valence-corrected chi connectivity index (χ4v) is 5.01. The molecule has 2 unspecified atom stereocenters. The Morgan fingerprint density at radius 2 is 1.90 bits per heavy atom. The number of halogens is 2. The molecule has 0 saturated carbocycles. The summed E-state index contributed by atoms with van der Waals surface area (Å²) in [4.78, 5) is -0.378. The molecule has 1 aliphatic rings. The normalized spacial score (nSPS) is 24.2. The number of rotatable bonds is 3. The molecule has 0 aromatic heterocycles. The van der Waals surface area contributed by atoms with E-state index in [2.05, 4.69) is 0 Å². The third kappa shape index (κ3) is 3.39. The predicted octanol–water partition coefficient (Wildman–Crippen LogP) is 2.60. The first-order chi connectivity index (χ1) is 9.75. The number of nitrogens with two attached hydrogens (primary N) is 1. The van der Waals surface area contributed by atoms with Crippen molar-refractivity contribution in [1.82, 2.24) is 4.31 Å². The molecule has 0 radical (unpaired) electrons. The lowest BCUT2D eigenvalue weighted by Gasteiger charge is -2.34. The van der Waals surface area contributed by atoms with Crippen LogP contribution in [0.3, 0.4) is 0 Å². The van der Waals surface area contributed by atoms with Crippen molar-refractivity contribution in [3.05, 3.63) is 28.5 Å². The highest BCUT2D eigenvalue weighted by Crippen LogP contribution is 2.30. The molecule has 4 nitrogen and oxygen atoms in total. The first-order valence-corrected chi connectivity index (χ1v) is 8.75. The first kappa shape index (κ1) is 16.7. The monoisotopic (exact) mass is 334 g/mol. The van der Waals surface area contributed by atoms with Crippen LogP contribution in [0, 0.1) is 17.7 Å². The van der Waals surface area contributed by atoms with E-state index in [0.29, 0.717) is 13.1 Å². The SMILES string of the molecule is CC1CC(C)CN(S(=O)(=O)c2cc(Cl)cc(CN)c2F)C1. The summed E-state index contributed by atoms with van der Waals surface area (Å²) in [6.45, 7) is 4.70. The van der Waals surface area contributed by atoms with Crippen LogP contribution in [0.1, 0.15) is 25.8 Å². The summed E-state index contributed by atoms with van der Waals surface area (Å²) in [6, 6.07) is 2.52. The van der Waals surface area contributed by atoms with Gasteiger partial charge in [-0.15, -0.1) is 0 Å². The molecule has 118 valence electrons. The maximum absolute atomic E-state index is 14.4. The Morgan fingerprint density at radius 3 is 2.43 bits per heavy atom. The van der Waals surface area contributed by atoms with Crippen LogP contribution in [0.15, 0.2) is 17.0 Å². The molecule has 21 heavy (non-hydrogen) atoms. The van der Waals surface area contributed by atoms with E-state index in [0.717, 1.165) is 12.5 Å². The highest BCUT2D eigenvalue weighted by atomic mass is 35.5. The summed E-state index contributed by atoms with van der Waals surface area (Å²) in [5.41, 5.74) is 5.56. The van der Waals surface area contributed by atoms with E-state index in [1.165, 1.54) is 10.4 Å². The summed E-state index contributed by atoms with van der Waals surface area (Å²) >= 11 is 5.90. The standard InChI is InChI=1S/C14H20ClFN2O2S/c1-9-3-10(2)8-18(7-9)21(19,20)13-5-12(15)4-11(6-17)14(13)16/h4-5,9-10H,3,6-8,17H2,1-2H3. The molecule has 0 amide bonds. The van der Waals surface area contributed by atoms with Gasteiger partial charge in [0.25, 0.3) is 0 Å². The third-order valence-electron chi connectivity index (χ3n) is 3.75. The molecule has 0 aliphatic carbocycles. The minimum atomic E-state index is -3.90. The van der Waals surface area contributed by atoms with Crippen molar-refractivity contribution in [3.8, 4) is 0 Å². The van der Waals surface area contributed by atoms with Crippen LogP contribution in [-0.4, -0.2) is 25.8 Å². The lowest BCUT2D eigenvalue weighted by atomic mass is 9.94. The zero-order valence-corrected chi connectivity index (χ0v) is 13.7. The number of benzene rings is 1. The van der Waals surface area contributed by atoms with Crippen LogP contribution in [-0.2, 0) is 16.6 Å². The Bertz CT molecular complexity index is 626. The Labute approximate surface area is 130 Å². The Kier molecular flexibility index (Phi) is 4.92. The van der Waals surface area contributed by atoms with Gasteiger partial charge in [-0.05, 0) is 30.4 Å². The highest BCUT2D eigenvalue weighted by molar-refractivity contribution is 7.89. The molecule has 1 aromatic rings. The second-order valence-corrected chi connectivity index (χ2v) is 8.19. The topological polar surface area (TPSA) is 63.4 Å². The van der Waals surface area contributed by atoms with Gasteiger partial charge in [-0.25, -0.2) is 12.8 Å². The van der Waals surface area contributed by atoms with Gasteiger partial charge >= 0.3 is 0 Å². The van der Waals surface area contributed by atoms with Gasteiger partial charge in [0.2, 0.25) is 10.0 Å². The van der Waals surface area contributed by atoms with Gasteiger partial charge < -0.3 is 5.73 Å². The van der Waals surface area contributed by atoms with Crippen molar-refractivity contribution < 1.29 is 12.8 Å². The maximum atomic E-state index is 14.4. The largest absolute Gasteiger partial charge is 0.326 e. The predicted molar refractivity (Wildman–Crippen MR) is 81.0 cm³/mol. The Hall–Kier alpha value is -0.690. The third-order valence-corrected chi connectivity index (χ3v) is 5.80. The molecular weight excluding hydrogens is 315 g/mol. The molecule has 2 rings (SSSR count). The molecular formula is C14H20ClFN2O2S. The number of sulfonamides is 1. The fraction of sp³-hybridized carbons (Fsp3) is 0.571. The first-order valence-electron chi connectivity index (χ1n) is 6.93. The van der Waals surface area contributed by atoms with Crippen molar-refractivity contribution in [2.24, 2.45) is 17.6 Å². The van der Waals surface area contributed by atoms with E-state index in [1.54, 1.807) is 0 Å². The molecule has 2 N–H and O–H groups in total.